The zero-order valence-corrected chi connectivity index (χ0v) is 10.7. The van der Waals surface area contributed by atoms with Crippen LogP contribution in [0.5, 0.6) is 5.75 Å². The van der Waals surface area contributed by atoms with Crippen LogP contribution in [0.4, 0.5) is 0 Å². The lowest BCUT2D eigenvalue weighted by molar-refractivity contribution is 0.419. The molecular weight excluding hydrogens is 232 g/mol. The van der Waals surface area contributed by atoms with E-state index in [1.54, 1.807) is 7.11 Å². The molecule has 1 fully saturated rings. The van der Waals surface area contributed by atoms with E-state index in [0.29, 0.717) is 6.04 Å². The van der Waals surface area contributed by atoms with Gasteiger partial charge in [-0.15, -0.1) is 0 Å². The molecule has 0 amide bonds. The van der Waals surface area contributed by atoms with E-state index in [9.17, 15) is 0 Å². The zero-order valence-electron chi connectivity index (χ0n) is 9.90. The van der Waals surface area contributed by atoms with E-state index in [1.165, 1.54) is 31.2 Å². The molecule has 17 heavy (non-hydrogen) atoms. The van der Waals surface area contributed by atoms with Crippen molar-refractivity contribution >= 4 is 23.3 Å². The summed E-state index contributed by atoms with van der Waals surface area (Å²) in [5, 5.41) is 0. The topological polar surface area (TPSA) is 29.9 Å². The van der Waals surface area contributed by atoms with Gasteiger partial charge in [0.05, 0.1) is 12.6 Å². The van der Waals surface area contributed by atoms with Crippen LogP contribution in [0.3, 0.4) is 0 Å². The van der Waals surface area contributed by atoms with Gasteiger partial charge in [0.25, 0.3) is 0 Å². The Morgan fingerprint density at radius 2 is 2.12 bits per heavy atom. The first-order chi connectivity index (χ1) is 8.31. The van der Waals surface area contributed by atoms with Gasteiger partial charge >= 0.3 is 0 Å². The van der Waals surface area contributed by atoms with Crippen molar-refractivity contribution in [1.82, 2.24) is 9.55 Å². The lowest BCUT2D eigenvalue weighted by Gasteiger charge is -2.12. The van der Waals surface area contributed by atoms with Gasteiger partial charge in [-0.2, -0.15) is 0 Å². The van der Waals surface area contributed by atoms with Gasteiger partial charge in [0, 0.05) is 6.04 Å². The second-order valence-corrected chi connectivity index (χ2v) is 4.98. The molecule has 1 heterocycles. The highest BCUT2D eigenvalue weighted by atomic mass is 32.1. The van der Waals surface area contributed by atoms with Gasteiger partial charge in [-0.3, -0.25) is 0 Å². The summed E-state index contributed by atoms with van der Waals surface area (Å²) < 4.78 is 8.45. The highest BCUT2D eigenvalue weighted by Crippen LogP contribution is 2.34. The molecule has 1 aliphatic rings. The van der Waals surface area contributed by atoms with Gasteiger partial charge in [0.1, 0.15) is 11.3 Å². The van der Waals surface area contributed by atoms with Crippen molar-refractivity contribution in [2.75, 3.05) is 7.11 Å². The minimum atomic E-state index is 0.559. The Labute approximate surface area is 105 Å². The van der Waals surface area contributed by atoms with E-state index in [1.807, 2.05) is 12.1 Å². The third-order valence-corrected chi connectivity index (χ3v) is 3.92. The highest BCUT2D eigenvalue weighted by molar-refractivity contribution is 7.71. The first kappa shape index (κ1) is 10.8. The van der Waals surface area contributed by atoms with Crippen LogP contribution < -0.4 is 4.74 Å². The van der Waals surface area contributed by atoms with E-state index >= 15 is 0 Å². The van der Waals surface area contributed by atoms with Crippen LogP contribution in [-0.4, -0.2) is 16.7 Å². The Morgan fingerprint density at radius 1 is 1.35 bits per heavy atom. The van der Waals surface area contributed by atoms with E-state index in [-0.39, 0.29) is 0 Å². The minimum absolute atomic E-state index is 0.559. The molecule has 90 valence electrons. The molecule has 0 unspecified atom stereocenters. The first-order valence-corrected chi connectivity index (χ1v) is 6.49. The summed E-state index contributed by atoms with van der Waals surface area (Å²) in [5.41, 5.74) is 2.19. The zero-order chi connectivity index (χ0) is 11.8. The highest BCUT2D eigenvalue weighted by Gasteiger charge is 2.20. The molecule has 3 rings (SSSR count). The van der Waals surface area contributed by atoms with Crippen molar-refractivity contribution in [1.29, 1.82) is 0 Å². The number of ether oxygens (including phenoxy) is 1. The Hall–Kier alpha value is -1.29. The van der Waals surface area contributed by atoms with Crippen LogP contribution in [0.25, 0.3) is 11.0 Å². The molecule has 1 N–H and O–H groups in total. The SMILES string of the molecule is COc1cccc2c1[nH]c(=S)n2C1CCCC1. The maximum absolute atomic E-state index is 5.45. The van der Waals surface area contributed by atoms with E-state index < -0.39 is 0 Å². The van der Waals surface area contributed by atoms with E-state index in [0.717, 1.165) is 16.0 Å². The third kappa shape index (κ3) is 1.67. The van der Waals surface area contributed by atoms with Crippen LogP contribution in [0.2, 0.25) is 0 Å². The lowest BCUT2D eigenvalue weighted by atomic mass is 10.2. The molecular formula is C13H16N2OS. The summed E-state index contributed by atoms with van der Waals surface area (Å²) in [6, 6.07) is 6.66. The molecule has 0 spiro atoms. The number of aromatic nitrogens is 2. The lowest BCUT2D eigenvalue weighted by Crippen LogP contribution is -2.04. The number of nitrogens with zero attached hydrogens (tertiary/aromatic N) is 1. The normalized spacial score (nSPS) is 16.8. The second kappa shape index (κ2) is 4.18. The summed E-state index contributed by atoms with van der Waals surface area (Å²) in [5.74, 6) is 0.866. The number of fused-ring (bicyclic) bond motifs is 1. The standard InChI is InChI=1S/C13H16N2OS/c1-16-11-8-4-7-10-12(11)14-13(17)15(10)9-5-2-3-6-9/h4,7-9H,2-3,5-6H2,1H3,(H,14,17). The third-order valence-electron chi connectivity index (χ3n) is 3.62. The molecule has 3 nitrogen and oxygen atoms in total. The van der Waals surface area contributed by atoms with Gasteiger partial charge in [0.2, 0.25) is 0 Å². The number of methoxy groups -OCH3 is 1. The molecule has 1 aromatic heterocycles. The van der Waals surface area contributed by atoms with Crippen LogP contribution in [-0.2, 0) is 0 Å². The second-order valence-electron chi connectivity index (χ2n) is 4.59. The fourth-order valence-corrected chi connectivity index (χ4v) is 3.17. The predicted molar refractivity (Wildman–Crippen MR) is 71.2 cm³/mol. The molecule has 0 saturated heterocycles. The van der Waals surface area contributed by atoms with Gasteiger partial charge < -0.3 is 14.3 Å². The van der Waals surface area contributed by atoms with Crippen molar-refractivity contribution in [3.63, 3.8) is 0 Å². The molecule has 0 radical (unpaired) electrons. The number of benzene rings is 1. The van der Waals surface area contributed by atoms with Crippen molar-refractivity contribution in [3.05, 3.63) is 23.0 Å². The molecule has 0 atom stereocenters. The largest absolute Gasteiger partial charge is 0.494 e. The summed E-state index contributed by atoms with van der Waals surface area (Å²) >= 11 is 5.45. The van der Waals surface area contributed by atoms with Crippen LogP contribution in [0, 0.1) is 4.77 Å². The number of nitrogens with one attached hydrogen (secondary N) is 1. The fraction of sp³-hybridized carbons (Fsp3) is 0.462. The molecule has 4 heteroatoms. The van der Waals surface area contributed by atoms with Gasteiger partial charge in [0.15, 0.2) is 4.77 Å². The monoisotopic (exact) mass is 248 g/mol. The maximum atomic E-state index is 5.45. The van der Waals surface area contributed by atoms with Gasteiger partial charge in [-0.05, 0) is 37.2 Å². The summed E-state index contributed by atoms with van der Waals surface area (Å²) in [4.78, 5) is 3.28. The molecule has 2 aromatic rings. The van der Waals surface area contributed by atoms with Crippen molar-refractivity contribution in [2.45, 2.75) is 31.7 Å². The van der Waals surface area contributed by atoms with E-state index in [4.69, 9.17) is 17.0 Å². The predicted octanol–water partition coefficient (Wildman–Crippen LogP) is 3.82. The maximum Gasteiger partial charge on any atom is 0.178 e. The number of H-pyrrole nitrogens is 1. The number of rotatable bonds is 2. The number of imidazole rings is 1. The van der Waals surface area contributed by atoms with Gasteiger partial charge in [-0.1, -0.05) is 18.9 Å². The Bertz CT molecular complexity index is 593. The number of hydrogen-bond donors (Lipinski definition) is 1. The minimum Gasteiger partial charge on any atom is -0.494 e. The van der Waals surface area contributed by atoms with Crippen molar-refractivity contribution in [3.8, 4) is 5.75 Å². The quantitative estimate of drug-likeness (QED) is 0.819. The summed E-state index contributed by atoms with van der Waals surface area (Å²) in [6.45, 7) is 0. The van der Waals surface area contributed by atoms with Gasteiger partial charge in [-0.25, -0.2) is 0 Å². The molecule has 1 aliphatic carbocycles. The van der Waals surface area contributed by atoms with Crippen molar-refractivity contribution in [2.24, 2.45) is 0 Å². The van der Waals surface area contributed by atoms with Crippen LogP contribution in [0.1, 0.15) is 31.7 Å². The molecule has 0 aliphatic heterocycles. The Balaban J connectivity index is 2.24. The van der Waals surface area contributed by atoms with Crippen LogP contribution in [0.15, 0.2) is 18.2 Å². The molecule has 1 saturated carbocycles. The Morgan fingerprint density at radius 3 is 2.82 bits per heavy atom. The molecule has 0 bridgehead atoms. The number of aromatic amines is 1. The fourth-order valence-electron chi connectivity index (χ4n) is 2.82. The Kier molecular flexibility index (Phi) is 2.67. The van der Waals surface area contributed by atoms with Crippen molar-refractivity contribution < 1.29 is 4.74 Å². The van der Waals surface area contributed by atoms with Crippen LogP contribution >= 0.6 is 12.2 Å². The average molecular weight is 248 g/mol. The first-order valence-electron chi connectivity index (χ1n) is 6.08. The smallest absolute Gasteiger partial charge is 0.178 e. The summed E-state index contributed by atoms with van der Waals surface area (Å²) in [6.07, 6.45) is 5.09. The summed E-state index contributed by atoms with van der Waals surface area (Å²) in [7, 11) is 1.69. The van der Waals surface area contributed by atoms with E-state index in [2.05, 4.69) is 15.6 Å². The number of para-hydroxylation sites is 1. The number of hydrogen-bond acceptors (Lipinski definition) is 2. The average Bonchev–Trinajstić information content (AvgIpc) is 2.93. The molecule has 1 aromatic carbocycles.